The molecular weight excluding hydrogens is 453 g/mol. The Balaban J connectivity index is 0.000000213. The lowest BCUT2D eigenvalue weighted by molar-refractivity contribution is 0.482. The van der Waals surface area contributed by atoms with E-state index in [0.717, 1.165) is 0 Å². The van der Waals surface area contributed by atoms with Crippen molar-refractivity contribution in [3.63, 3.8) is 0 Å². The molecule has 0 aromatic heterocycles. The molecule has 2 radical (unpaired) electrons. The minimum absolute atomic E-state index is 0. The minimum Gasteiger partial charge on any atom is -0.398 e. The lowest BCUT2D eigenvalue weighted by Gasteiger charge is -2.05. The lowest BCUT2D eigenvalue weighted by Crippen LogP contribution is -1.99. The molecule has 6 N–H and O–H groups in total. The zero-order valence-corrected chi connectivity index (χ0v) is 19.2. The van der Waals surface area contributed by atoms with E-state index in [4.69, 9.17) is 20.6 Å². The predicted molar refractivity (Wildman–Crippen MR) is 122 cm³/mol. The Morgan fingerprint density at radius 2 is 0.806 bits per heavy atom. The van der Waals surface area contributed by atoms with E-state index >= 15 is 0 Å². The average molecular weight is 471 g/mol. The second-order valence-corrected chi connectivity index (χ2v) is 9.13. The van der Waals surface area contributed by atoms with Crippen LogP contribution in [0.25, 0.3) is 21.5 Å². The molecule has 0 aliphatic rings. The molecule has 11 heteroatoms. The Morgan fingerprint density at radius 1 is 0.516 bits per heavy atom. The van der Waals surface area contributed by atoms with Gasteiger partial charge in [-0.2, -0.15) is 16.8 Å². The third kappa shape index (κ3) is 5.45. The van der Waals surface area contributed by atoms with Crippen molar-refractivity contribution in [2.45, 2.75) is 9.79 Å². The lowest BCUT2D eigenvalue weighted by atomic mass is 10.1. The van der Waals surface area contributed by atoms with Crippen LogP contribution < -0.4 is 11.5 Å². The third-order valence-electron chi connectivity index (χ3n) is 4.39. The molecule has 0 amide bonds. The second-order valence-electron chi connectivity index (χ2n) is 6.35. The smallest absolute Gasteiger partial charge is 0.295 e. The number of nitrogen functional groups attached to an aromatic ring is 2. The topological polar surface area (TPSA) is 161 Å². The molecule has 4 rings (SSSR count). The molecular formula is C20H18MgN2O6S2. The van der Waals surface area contributed by atoms with Crippen molar-refractivity contribution >= 4 is 76.2 Å². The maximum atomic E-state index is 11.1. The van der Waals surface area contributed by atoms with Gasteiger partial charge in [-0.05, 0) is 24.3 Å². The Kier molecular flexibility index (Phi) is 7.52. The first-order chi connectivity index (χ1) is 14.0. The number of anilines is 2. The second kappa shape index (κ2) is 9.38. The van der Waals surface area contributed by atoms with Crippen molar-refractivity contribution in [3.05, 3.63) is 72.8 Å². The summed E-state index contributed by atoms with van der Waals surface area (Å²) in [6, 6.07) is 19.0. The van der Waals surface area contributed by atoms with E-state index in [1.165, 1.54) is 12.1 Å². The Morgan fingerprint density at radius 3 is 1.13 bits per heavy atom. The van der Waals surface area contributed by atoms with Crippen LogP contribution in [0.5, 0.6) is 0 Å². The van der Waals surface area contributed by atoms with Crippen molar-refractivity contribution in [2.75, 3.05) is 11.5 Å². The van der Waals surface area contributed by atoms with Crippen LogP contribution in [0, 0.1) is 0 Å². The van der Waals surface area contributed by atoms with Gasteiger partial charge >= 0.3 is 0 Å². The molecule has 0 saturated heterocycles. The zero-order chi connectivity index (χ0) is 22.1. The minimum atomic E-state index is -4.20. The van der Waals surface area contributed by atoms with Gasteiger partial charge in [0.1, 0.15) is 9.79 Å². The van der Waals surface area contributed by atoms with E-state index in [1.807, 2.05) is 0 Å². The molecule has 0 saturated carbocycles. The highest BCUT2D eigenvalue weighted by atomic mass is 32.2. The van der Waals surface area contributed by atoms with Gasteiger partial charge in [0.15, 0.2) is 0 Å². The molecule has 4 aromatic rings. The van der Waals surface area contributed by atoms with E-state index in [1.54, 1.807) is 60.7 Å². The monoisotopic (exact) mass is 470 g/mol. The summed E-state index contributed by atoms with van der Waals surface area (Å²) in [6.45, 7) is 0. The number of hydrogen-bond donors (Lipinski definition) is 4. The fourth-order valence-corrected chi connectivity index (χ4v) is 4.47. The van der Waals surface area contributed by atoms with Crippen LogP contribution in [-0.2, 0) is 20.2 Å². The van der Waals surface area contributed by atoms with Crippen LogP contribution in [0.4, 0.5) is 11.4 Å². The maximum absolute atomic E-state index is 11.1. The van der Waals surface area contributed by atoms with Gasteiger partial charge in [-0.25, -0.2) is 0 Å². The normalized spacial score (nSPS) is 11.4. The molecule has 31 heavy (non-hydrogen) atoms. The van der Waals surface area contributed by atoms with Crippen molar-refractivity contribution < 1.29 is 25.9 Å². The summed E-state index contributed by atoms with van der Waals surface area (Å²) in [6.07, 6.45) is 0. The molecule has 0 fully saturated rings. The summed E-state index contributed by atoms with van der Waals surface area (Å²) in [7, 11) is -8.40. The van der Waals surface area contributed by atoms with Crippen molar-refractivity contribution in [1.82, 2.24) is 0 Å². The van der Waals surface area contributed by atoms with Gasteiger partial charge in [-0.3, -0.25) is 9.11 Å². The first-order valence-corrected chi connectivity index (χ1v) is 11.4. The molecule has 0 bridgehead atoms. The number of rotatable bonds is 2. The van der Waals surface area contributed by atoms with Crippen LogP contribution in [0.2, 0.25) is 0 Å². The molecule has 0 atom stereocenters. The van der Waals surface area contributed by atoms with Crippen LogP contribution >= 0.6 is 0 Å². The van der Waals surface area contributed by atoms with Gasteiger partial charge in [0.05, 0.1) is 0 Å². The van der Waals surface area contributed by atoms with Crippen molar-refractivity contribution in [2.24, 2.45) is 0 Å². The summed E-state index contributed by atoms with van der Waals surface area (Å²) in [5.41, 5.74) is 12.4. The Hall–Kier alpha value is -2.41. The van der Waals surface area contributed by atoms with Crippen LogP contribution in [0.15, 0.2) is 82.6 Å². The Labute approximate surface area is 195 Å². The SMILES string of the molecule is Nc1cccc2c(S(=O)(=O)O)cccc12.Nc1cccc2c(S(=O)(=O)O)cccc12.[Mg]. The quantitative estimate of drug-likeness (QED) is 0.197. The summed E-state index contributed by atoms with van der Waals surface area (Å²) < 4.78 is 62.3. The number of hydrogen-bond acceptors (Lipinski definition) is 6. The molecule has 8 nitrogen and oxygen atoms in total. The van der Waals surface area contributed by atoms with Gasteiger partial charge in [0, 0.05) is 56.0 Å². The van der Waals surface area contributed by atoms with E-state index in [-0.39, 0.29) is 32.8 Å². The van der Waals surface area contributed by atoms with Crippen LogP contribution in [0.1, 0.15) is 0 Å². The van der Waals surface area contributed by atoms with Crippen LogP contribution in [0.3, 0.4) is 0 Å². The highest BCUT2D eigenvalue weighted by molar-refractivity contribution is 7.86. The summed E-state index contributed by atoms with van der Waals surface area (Å²) in [5.74, 6) is 0. The highest BCUT2D eigenvalue weighted by Gasteiger charge is 2.14. The van der Waals surface area contributed by atoms with E-state index in [0.29, 0.717) is 32.9 Å². The summed E-state index contributed by atoms with van der Waals surface area (Å²) in [4.78, 5) is -0.236. The fraction of sp³-hybridized carbons (Fsp3) is 0. The van der Waals surface area contributed by atoms with Crippen LogP contribution in [-0.4, -0.2) is 49.0 Å². The average Bonchev–Trinajstić information content (AvgIpc) is 2.67. The van der Waals surface area contributed by atoms with Gasteiger partial charge in [-0.1, -0.05) is 48.5 Å². The van der Waals surface area contributed by atoms with Crippen molar-refractivity contribution in [3.8, 4) is 0 Å². The maximum Gasteiger partial charge on any atom is 0.295 e. The van der Waals surface area contributed by atoms with E-state index in [2.05, 4.69) is 0 Å². The molecule has 0 unspecified atom stereocenters. The molecule has 0 heterocycles. The highest BCUT2D eigenvalue weighted by Crippen LogP contribution is 2.27. The Bertz CT molecular complexity index is 1360. The standard InChI is InChI=1S/2C10H9NO3S.Mg/c2*11-9-5-1-4-8-7(9)3-2-6-10(8)15(12,13)14;/h2*1-6H,11H2,(H,12,13,14);. The van der Waals surface area contributed by atoms with Gasteiger partial charge < -0.3 is 11.5 Å². The van der Waals surface area contributed by atoms with Gasteiger partial charge in [-0.15, -0.1) is 0 Å². The number of nitrogens with two attached hydrogens (primary N) is 2. The molecule has 158 valence electrons. The molecule has 0 aliphatic carbocycles. The van der Waals surface area contributed by atoms with E-state index in [9.17, 15) is 16.8 Å². The number of benzene rings is 4. The van der Waals surface area contributed by atoms with Crippen molar-refractivity contribution in [1.29, 1.82) is 0 Å². The third-order valence-corrected chi connectivity index (χ3v) is 6.21. The summed E-state index contributed by atoms with van der Waals surface area (Å²) >= 11 is 0. The summed E-state index contributed by atoms with van der Waals surface area (Å²) in [5, 5.41) is 2.10. The fourth-order valence-electron chi connectivity index (χ4n) is 3.06. The van der Waals surface area contributed by atoms with E-state index < -0.39 is 20.2 Å². The van der Waals surface area contributed by atoms with Gasteiger partial charge in [0.2, 0.25) is 0 Å². The first-order valence-electron chi connectivity index (χ1n) is 8.49. The first kappa shape index (κ1) is 24.9. The largest absolute Gasteiger partial charge is 0.398 e. The molecule has 0 aliphatic heterocycles. The molecule has 0 spiro atoms. The number of fused-ring (bicyclic) bond motifs is 2. The van der Waals surface area contributed by atoms with Gasteiger partial charge in [0.25, 0.3) is 20.2 Å². The zero-order valence-electron chi connectivity index (χ0n) is 16.1. The predicted octanol–water partition coefficient (Wildman–Crippen LogP) is 2.96. The molecule has 4 aromatic carbocycles.